The van der Waals surface area contributed by atoms with Gasteiger partial charge in [0, 0.05) is 13.0 Å². The first-order valence-corrected chi connectivity index (χ1v) is 8.27. The maximum atomic E-state index is 14.4. The van der Waals surface area contributed by atoms with Gasteiger partial charge in [0.2, 0.25) is 5.91 Å². The van der Waals surface area contributed by atoms with Crippen LogP contribution in [0.3, 0.4) is 0 Å². The van der Waals surface area contributed by atoms with E-state index < -0.39 is 12.2 Å². The van der Waals surface area contributed by atoms with Crippen molar-refractivity contribution in [2.75, 3.05) is 16.4 Å². The number of carbonyl (C=O) groups is 1. The summed E-state index contributed by atoms with van der Waals surface area (Å²) in [5.41, 5.74) is 6.38. The molecule has 150 valence electrons. The average molecular weight is 397 g/mol. The van der Waals surface area contributed by atoms with E-state index in [4.69, 9.17) is 5.73 Å². The first kappa shape index (κ1) is 21.1. The fourth-order valence-corrected chi connectivity index (χ4v) is 2.29. The van der Waals surface area contributed by atoms with Crippen molar-refractivity contribution >= 4 is 23.0 Å². The quantitative estimate of drug-likeness (QED) is 0.339. The standard InChI is InChI=1S/C19H19F4N3O2/c1-2-3-4-16(27)26-15-10-9-14(17(20)18(15)24)25-11-12-5-7-13(8-6-12)28-19(21,22)23/h2,5-10,25H,1,3-4,11,24H2,(H,26,27). The second-order valence-corrected chi connectivity index (χ2v) is 5.81. The molecule has 0 fully saturated rings. The van der Waals surface area contributed by atoms with Crippen molar-refractivity contribution in [1.29, 1.82) is 0 Å². The number of nitrogen functional groups attached to an aromatic ring is 1. The van der Waals surface area contributed by atoms with Gasteiger partial charge in [0.05, 0.1) is 17.1 Å². The summed E-state index contributed by atoms with van der Waals surface area (Å²) >= 11 is 0. The Hall–Kier alpha value is -3.23. The van der Waals surface area contributed by atoms with Crippen molar-refractivity contribution in [1.82, 2.24) is 0 Å². The molecule has 1 amide bonds. The SMILES string of the molecule is C=CCCC(=O)Nc1ccc(NCc2ccc(OC(F)(F)F)cc2)c(F)c1N. The van der Waals surface area contributed by atoms with Gasteiger partial charge in [-0.25, -0.2) is 4.39 Å². The minimum Gasteiger partial charge on any atom is -0.406 e. The summed E-state index contributed by atoms with van der Waals surface area (Å²) in [6.07, 6.45) is -2.47. The third-order valence-corrected chi connectivity index (χ3v) is 3.67. The zero-order valence-electron chi connectivity index (χ0n) is 14.8. The Morgan fingerprint density at radius 3 is 2.39 bits per heavy atom. The summed E-state index contributed by atoms with van der Waals surface area (Å²) in [4.78, 5) is 11.7. The summed E-state index contributed by atoms with van der Waals surface area (Å²) in [5, 5.41) is 5.33. The number of anilines is 3. The highest BCUT2D eigenvalue weighted by Crippen LogP contribution is 2.29. The normalized spacial score (nSPS) is 11.0. The Morgan fingerprint density at radius 2 is 1.79 bits per heavy atom. The Bertz CT molecular complexity index is 836. The van der Waals surface area contributed by atoms with Crippen LogP contribution in [-0.4, -0.2) is 12.3 Å². The van der Waals surface area contributed by atoms with Crippen LogP contribution in [0.15, 0.2) is 49.1 Å². The molecule has 0 aliphatic rings. The van der Waals surface area contributed by atoms with Crippen LogP contribution in [0.4, 0.5) is 34.6 Å². The molecular weight excluding hydrogens is 378 g/mol. The molecule has 2 aromatic rings. The van der Waals surface area contributed by atoms with Crippen molar-refractivity contribution < 1.29 is 27.1 Å². The van der Waals surface area contributed by atoms with Crippen molar-refractivity contribution in [3.63, 3.8) is 0 Å². The van der Waals surface area contributed by atoms with E-state index in [9.17, 15) is 22.4 Å². The molecule has 0 bridgehead atoms. The van der Waals surface area contributed by atoms with Gasteiger partial charge in [-0.05, 0) is 36.2 Å². The van der Waals surface area contributed by atoms with Crippen LogP contribution < -0.4 is 21.1 Å². The first-order valence-electron chi connectivity index (χ1n) is 8.27. The van der Waals surface area contributed by atoms with E-state index in [0.29, 0.717) is 12.0 Å². The summed E-state index contributed by atoms with van der Waals surface area (Å²) in [7, 11) is 0. The number of alkyl halides is 3. The Balaban J connectivity index is 2.00. The number of nitrogens with one attached hydrogen (secondary N) is 2. The molecule has 28 heavy (non-hydrogen) atoms. The lowest BCUT2D eigenvalue weighted by Gasteiger charge is -2.14. The fraction of sp³-hybridized carbons (Fsp3) is 0.211. The third-order valence-electron chi connectivity index (χ3n) is 3.67. The van der Waals surface area contributed by atoms with E-state index in [0.717, 1.165) is 12.1 Å². The topological polar surface area (TPSA) is 76.4 Å². The molecule has 0 aliphatic heterocycles. The summed E-state index contributed by atoms with van der Waals surface area (Å²) in [6, 6.07) is 8.05. The summed E-state index contributed by atoms with van der Waals surface area (Å²) in [5.74, 6) is -1.39. The number of carbonyl (C=O) groups excluding carboxylic acids is 1. The minimum absolute atomic E-state index is 0.0946. The molecule has 2 rings (SSSR count). The van der Waals surface area contributed by atoms with Gasteiger partial charge < -0.3 is 21.1 Å². The largest absolute Gasteiger partial charge is 0.573 e. The summed E-state index contributed by atoms with van der Waals surface area (Å²) in [6.45, 7) is 3.67. The highest BCUT2D eigenvalue weighted by molar-refractivity contribution is 5.94. The van der Waals surface area contributed by atoms with Crippen molar-refractivity contribution in [2.45, 2.75) is 25.7 Å². The average Bonchev–Trinajstić information content (AvgIpc) is 2.63. The molecule has 0 saturated carbocycles. The van der Waals surface area contributed by atoms with Gasteiger partial charge in [0.1, 0.15) is 5.75 Å². The van der Waals surface area contributed by atoms with Gasteiger partial charge in [-0.1, -0.05) is 18.2 Å². The van der Waals surface area contributed by atoms with E-state index in [2.05, 4.69) is 21.9 Å². The van der Waals surface area contributed by atoms with E-state index in [1.165, 1.54) is 24.3 Å². The number of halogens is 4. The molecule has 0 unspecified atom stereocenters. The zero-order chi connectivity index (χ0) is 20.7. The van der Waals surface area contributed by atoms with Crippen molar-refractivity contribution in [3.05, 3.63) is 60.4 Å². The van der Waals surface area contributed by atoms with Gasteiger partial charge in [-0.2, -0.15) is 0 Å². The van der Waals surface area contributed by atoms with Crippen molar-refractivity contribution in [3.8, 4) is 5.75 Å². The first-order chi connectivity index (χ1) is 13.2. The van der Waals surface area contributed by atoms with E-state index in [-0.39, 0.29) is 41.7 Å². The minimum atomic E-state index is -4.76. The molecule has 0 aliphatic carbocycles. The monoisotopic (exact) mass is 397 g/mol. The molecule has 2 aromatic carbocycles. The number of amides is 1. The molecule has 4 N–H and O–H groups in total. The molecule has 0 atom stereocenters. The molecular formula is C19H19F4N3O2. The highest BCUT2D eigenvalue weighted by Gasteiger charge is 2.30. The molecule has 5 nitrogen and oxygen atoms in total. The number of allylic oxidation sites excluding steroid dienone is 1. The van der Waals surface area contributed by atoms with Crippen LogP contribution in [0.25, 0.3) is 0 Å². The second kappa shape index (κ2) is 9.12. The molecule has 9 heteroatoms. The molecule has 0 saturated heterocycles. The molecule has 0 heterocycles. The zero-order valence-corrected chi connectivity index (χ0v) is 14.8. The smallest absolute Gasteiger partial charge is 0.406 e. The van der Waals surface area contributed by atoms with E-state index >= 15 is 0 Å². The second-order valence-electron chi connectivity index (χ2n) is 5.81. The summed E-state index contributed by atoms with van der Waals surface area (Å²) < 4.78 is 54.6. The Morgan fingerprint density at radius 1 is 1.14 bits per heavy atom. The number of nitrogens with two attached hydrogens (primary N) is 1. The fourth-order valence-electron chi connectivity index (χ4n) is 2.29. The number of rotatable bonds is 8. The van der Waals surface area contributed by atoms with E-state index in [1.807, 2.05) is 0 Å². The van der Waals surface area contributed by atoms with Gasteiger partial charge in [-0.15, -0.1) is 19.8 Å². The van der Waals surface area contributed by atoms with Crippen LogP contribution in [0, 0.1) is 5.82 Å². The maximum Gasteiger partial charge on any atom is 0.573 e. The van der Waals surface area contributed by atoms with Crippen LogP contribution in [0.1, 0.15) is 18.4 Å². The van der Waals surface area contributed by atoms with Gasteiger partial charge >= 0.3 is 6.36 Å². The van der Waals surface area contributed by atoms with Gasteiger partial charge in [-0.3, -0.25) is 4.79 Å². The lowest BCUT2D eigenvalue weighted by molar-refractivity contribution is -0.274. The van der Waals surface area contributed by atoms with Crippen LogP contribution >= 0.6 is 0 Å². The number of hydrogen-bond acceptors (Lipinski definition) is 4. The maximum absolute atomic E-state index is 14.4. The Labute approximate surface area is 159 Å². The molecule has 0 spiro atoms. The number of hydrogen-bond donors (Lipinski definition) is 3. The lowest BCUT2D eigenvalue weighted by atomic mass is 10.2. The van der Waals surface area contributed by atoms with Gasteiger partial charge in [0.15, 0.2) is 5.82 Å². The number of benzene rings is 2. The van der Waals surface area contributed by atoms with E-state index in [1.54, 1.807) is 6.08 Å². The Kier molecular flexibility index (Phi) is 6.86. The predicted octanol–water partition coefficient (Wildman–Crippen LogP) is 4.82. The highest BCUT2D eigenvalue weighted by atomic mass is 19.4. The molecule has 0 aromatic heterocycles. The van der Waals surface area contributed by atoms with Crippen LogP contribution in [0.2, 0.25) is 0 Å². The number of ether oxygens (including phenoxy) is 1. The third kappa shape index (κ3) is 6.19. The van der Waals surface area contributed by atoms with Gasteiger partial charge in [0.25, 0.3) is 0 Å². The van der Waals surface area contributed by atoms with Crippen molar-refractivity contribution in [2.24, 2.45) is 0 Å². The molecule has 0 radical (unpaired) electrons. The predicted molar refractivity (Wildman–Crippen MR) is 99.3 cm³/mol. The van der Waals surface area contributed by atoms with Crippen LogP contribution in [0.5, 0.6) is 5.75 Å². The van der Waals surface area contributed by atoms with Crippen LogP contribution in [-0.2, 0) is 11.3 Å². The lowest BCUT2D eigenvalue weighted by Crippen LogP contribution is -2.17.